The molecule has 0 saturated carbocycles. The fraction of sp³-hybridized carbons (Fsp3) is 0.238. The maximum Gasteiger partial charge on any atom is 0.322 e. The molecular weight excluding hydrogens is 402 g/mol. The summed E-state index contributed by atoms with van der Waals surface area (Å²) in [5.41, 5.74) is 0.269. The molecule has 1 atom stereocenters. The summed E-state index contributed by atoms with van der Waals surface area (Å²) >= 11 is 0. The highest BCUT2D eigenvalue weighted by Gasteiger charge is 2.53. The fourth-order valence-corrected chi connectivity index (χ4v) is 4.02. The van der Waals surface area contributed by atoms with Crippen LogP contribution in [0.4, 0.5) is 10.6 Å². The van der Waals surface area contributed by atoms with Gasteiger partial charge in [0.15, 0.2) is 5.54 Å². The molecule has 31 heavy (non-hydrogen) atoms. The number of anilines is 1. The quantitative estimate of drug-likeness (QED) is 0.534. The van der Waals surface area contributed by atoms with Gasteiger partial charge in [0.1, 0.15) is 22.9 Å². The first-order chi connectivity index (χ1) is 14.9. The summed E-state index contributed by atoms with van der Waals surface area (Å²) in [7, 11) is 3.26. The minimum Gasteiger partial charge on any atom is -0.497 e. The molecule has 2 aliphatic rings. The van der Waals surface area contributed by atoms with Crippen molar-refractivity contribution in [2.24, 2.45) is 0 Å². The van der Waals surface area contributed by atoms with Crippen molar-refractivity contribution < 1.29 is 23.5 Å². The van der Waals surface area contributed by atoms with Gasteiger partial charge < -0.3 is 24.7 Å². The number of pyridine rings is 1. The SMILES string of the molecule is CNc1cc2oc(C3(CN4Cc5ccc(OC)cc5C4=O)NC(=O)NC3=O)cc2cn1. The van der Waals surface area contributed by atoms with E-state index in [-0.39, 0.29) is 18.2 Å². The maximum atomic E-state index is 13.0. The number of hydrogen-bond acceptors (Lipinski definition) is 7. The predicted octanol–water partition coefficient (Wildman–Crippen LogP) is 1.57. The Kier molecular flexibility index (Phi) is 4.10. The van der Waals surface area contributed by atoms with E-state index >= 15 is 0 Å². The number of urea groups is 1. The highest BCUT2D eigenvalue weighted by molar-refractivity contribution is 6.08. The molecule has 4 heterocycles. The van der Waals surface area contributed by atoms with E-state index in [0.717, 1.165) is 5.56 Å². The number of carbonyl (C=O) groups excluding carboxylic acids is 3. The second kappa shape index (κ2) is 6.73. The number of aromatic nitrogens is 1. The molecule has 1 unspecified atom stereocenters. The van der Waals surface area contributed by atoms with Crippen LogP contribution in [0.3, 0.4) is 0 Å². The number of furan rings is 1. The Balaban J connectivity index is 1.54. The molecule has 1 fully saturated rings. The van der Waals surface area contributed by atoms with Gasteiger partial charge in [0.05, 0.1) is 13.7 Å². The molecule has 10 heteroatoms. The lowest BCUT2D eigenvalue weighted by Gasteiger charge is -2.29. The van der Waals surface area contributed by atoms with E-state index in [2.05, 4.69) is 20.9 Å². The van der Waals surface area contributed by atoms with Crippen LogP contribution < -0.4 is 20.7 Å². The van der Waals surface area contributed by atoms with Gasteiger partial charge in [-0.05, 0) is 23.8 Å². The zero-order valence-corrected chi connectivity index (χ0v) is 16.8. The summed E-state index contributed by atoms with van der Waals surface area (Å²) in [6.45, 7) is 0.210. The molecule has 2 aliphatic heterocycles. The van der Waals surface area contributed by atoms with Crippen LogP contribution in [0.2, 0.25) is 0 Å². The van der Waals surface area contributed by atoms with Gasteiger partial charge in [-0.15, -0.1) is 0 Å². The van der Waals surface area contributed by atoms with Crippen molar-refractivity contribution in [1.82, 2.24) is 20.5 Å². The van der Waals surface area contributed by atoms with Crippen molar-refractivity contribution in [3.05, 3.63) is 53.4 Å². The molecule has 1 saturated heterocycles. The maximum absolute atomic E-state index is 13.0. The van der Waals surface area contributed by atoms with Gasteiger partial charge in [-0.25, -0.2) is 9.78 Å². The lowest BCUT2D eigenvalue weighted by Crippen LogP contribution is -2.52. The molecule has 0 radical (unpaired) electrons. The number of amides is 4. The molecule has 0 bridgehead atoms. The van der Waals surface area contributed by atoms with E-state index < -0.39 is 17.5 Å². The third-order valence-electron chi connectivity index (χ3n) is 5.64. The average molecular weight is 421 g/mol. The van der Waals surface area contributed by atoms with Crippen LogP contribution in [0, 0.1) is 0 Å². The molecule has 3 aromatic rings. The van der Waals surface area contributed by atoms with Crippen LogP contribution in [0.25, 0.3) is 11.0 Å². The Bertz CT molecular complexity index is 1250. The number of nitrogens with zero attached hydrogens (tertiary/aromatic N) is 2. The van der Waals surface area contributed by atoms with Crippen LogP contribution in [-0.4, -0.2) is 48.4 Å². The number of imide groups is 1. The summed E-state index contributed by atoms with van der Waals surface area (Å²) in [5, 5.41) is 8.53. The molecule has 0 aliphatic carbocycles. The minimum atomic E-state index is -1.56. The Morgan fingerprint density at radius 2 is 2.10 bits per heavy atom. The average Bonchev–Trinajstić information content (AvgIpc) is 3.41. The van der Waals surface area contributed by atoms with Crippen LogP contribution in [0.15, 0.2) is 40.9 Å². The third kappa shape index (κ3) is 2.87. The summed E-state index contributed by atoms with van der Waals surface area (Å²) in [6.07, 6.45) is 1.61. The van der Waals surface area contributed by atoms with Crippen molar-refractivity contribution in [1.29, 1.82) is 0 Å². The number of fused-ring (bicyclic) bond motifs is 2. The standard InChI is InChI=1S/C21H19N5O5/c1-22-17-7-15-12(8-23-17)5-16(31-15)21(19(28)24-20(29)25-21)10-26-9-11-3-4-13(30-2)6-14(11)18(26)27/h3-8H,9-10H2,1-2H3,(H,22,23)(H2,24,25,28,29). The van der Waals surface area contributed by atoms with Gasteiger partial charge in [-0.1, -0.05) is 6.07 Å². The minimum absolute atomic E-state index is 0.0907. The molecule has 5 rings (SSSR count). The number of hydrogen-bond donors (Lipinski definition) is 3. The van der Waals surface area contributed by atoms with E-state index in [0.29, 0.717) is 34.6 Å². The molecule has 0 spiro atoms. The lowest BCUT2D eigenvalue weighted by molar-refractivity contribution is -0.125. The zero-order chi connectivity index (χ0) is 21.8. The van der Waals surface area contributed by atoms with Gasteiger partial charge in [-0.3, -0.25) is 14.9 Å². The highest BCUT2D eigenvalue weighted by atomic mass is 16.5. The smallest absolute Gasteiger partial charge is 0.322 e. The topological polar surface area (TPSA) is 126 Å². The molecule has 3 N–H and O–H groups in total. The first-order valence-electron chi connectivity index (χ1n) is 9.61. The summed E-state index contributed by atoms with van der Waals surface area (Å²) in [6, 6.07) is 7.97. The van der Waals surface area contributed by atoms with Gasteiger partial charge in [0, 0.05) is 36.8 Å². The number of benzene rings is 1. The van der Waals surface area contributed by atoms with Crippen molar-refractivity contribution in [3.63, 3.8) is 0 Å². The molecule has 10 nitrogen and oxygen atoms in total. The van der Waals surface area contributed by atoms with E-state index in [9.17, 15) is 14.4 Å². The third-order valence-corrected chi connectivity index (χ3v) is 5.64. The summed E-state index contributed by atoms with van der Waals surface area (Å²) in [4.78, 5) is 43.8. The van der Waals surface area contributed by atoms with Crippen LogP contribution >= 0.6 is 0 Å². The number of ether oxygens (including phenoxy) is 1. The van der Waals surface area contributed by atoms with E-state index in [1.807, 2.05) is 6.07 Å². The van der Waals surface area contributed by atoms with Gasteiger partial charge >= 0.3 is 6.03 Å². The van der Waals surface area contributed by atoms with Gasteiger partial charge in [0.25, 0.3) is 11.8 Å². The lowest BCUT2D eigenvalue weighted by atomic mass is 9.95. The monoisotopic (exact) mass is 421 g/mol. The number of rotatable bonds is 5. The van der Waals surface area contributed by atoms with E-state index in [4.69, 9.17) is 9.15 Å². The van der Waals surface area contributed by atoms with E-state index in [1.165, 1.54) is 12.0 Å². The van der Waals surface area contributed by atoms with Crippen molar-refractivity contribution in [2.45, 2.75) is 12.1 Å². The van der Waals surface area contributed by atoms with Crippen molar-refractivity contribution >= 4 is 34.6 Å². The molecule has 4 amide bonds. The van der Waals surface area contributed by atoms with Crippen LogP contribution in [0.1, 0.15) is 21.7 Å². The van der Waals surface area contributed by atoms with Crippen molar-refractivity contribution in [2.75, 3.05) is 26.0 Å². The van der Waals surface area contributed by atoms with E-state index in [1.54, 1.807) is 37.5 Å². The molecule has 158 valence electrons. The highest BCUT2D eigenvalue weighted by Crippen LogP contribution is 2.35. The molecule has 1 aromatic carbocycles. The zero-order valence-electron chi connectivity index (χ0n) is 16.8. The number of carbonyl (C=O) groups is 3. The Hall–Kier alpha value is -4.08. The van der Waals surface area contributed by atoms with Crippen molar-refractivity contribution in [3.8, 4) is 5.75 Å². The Morgan fingerprint density at radius 3 is 2.81 bits per heavy atom. The summed E-state index contributed by atoms with van der Waals surface area (Å²) in [5.74, 6) is 0.557. The van der Waals surface area contributed by atoms with Crippen LogP contribution in [0.5, 0.6) is 5.75 Å². The van der Waals surface area contributed by atoms with Gasteiger partial charge in [0.2, 0.25) is 0 Å². The largest absolute Gasteiger partial charge is 0.497 e. The number of methoxy groups -OCH3 is 1. The fourth-order valence-electron chi connectivity index (χ4n) is 4.02. The predicted molar refractivity (Wildman–Crippen MR) is 110 cm³/mol. The Morgan fingerprint density at radius 1 is 1.26 bits per heavy atom. The Labute approximate surface area is 176 Å². The first kappa shape index (κ1) is 18.9. The summed E-state index contributed by atoms with van der Waals surface area (Å²) < 4.78 is 11.2. The number of nitrogens with one attached hydrogen (secondary N) is 3. The second-order valence-corrected chi connectivity index (χ2v) is 7.47. The van der Waals surface area contributed by atoms with Crippen LogP contribution in [-0.2, 0) is 16.9 Å². The van der Waals surface area contributed by atoms with Gasteiger partial charge in [-0.2, -0.15) is 0 Å². The normalized spacial score (nSPS) is 20.1. The second-order valence-electron chi connectivity index (χ2n) is 7.47. The molecule has 2 aromatic heterocycles. The molecular formula is C21H19N5O5. The first-order valence-corrected chi connectivity index (χ1v) is 9.61.